The Kier molecular flexibility index (Phi) is 34.7. The van der Waals surface area contributed by atoms with Crippen LogP contribution in [0.1, 0.15) is 112 Å². The van der Waals surface area contributed by atoms with Crippen LogP contribution in [-0.2, 0) is 107 Å². The standard InChI is InChI=1S/C23H23F2NO2S.3C22H20F2O2S.C20H18O4S2/c1-3-23(26)20-6-4-5-17(15(20)2)14-29(27,28)19-10-7-16(8-11-19)21-12-9-18(24)13-22(21)25;2*1-3-16-5-4-6-18(15(16)2)14-27(25,26)20-10-7-17(8-11-20)21-12-9-19(23)13-22(21)24;1-3-16-5-4-6-17(12-16)14-27(25,26)22-10-7-18(11-15(22)2)20-9-8-19(23)13-21(20)24;1-25(21,22)20-9-5-6-16(14-20)15-26(23,24)19-12-10-18(11-13-19)17-7-3-2-4-8-17/h4-13,23H,3,14,26H2,1-2H3;3*4-13H,3,14H2,1-2H3;2-14H,15H2,1H3/t23-;;;;/m1..../s1. The minimum atomic E-state index is -3.60. The summed E-state index contributed by atoms with van der Waals surface area (Å²) < 4.78 is 259. The average molecular weight is 1960 g/mol. The smallest absolute Gasteiger partial charge is 0.182 e. The van der Waals surface area contributed by atoms with Gasteiger partial charge in [-0.3, -0.25) is 0 Å². The summed E-state index contributed by atoms with van der Waals surface area (Å²) in [5, 5.41) is 0. The van der Waals surface area contributed by atoms with E-state index in [0.29, 0.717) is 38.9 Å². The fraction of sp³-hybridized carbons (Fsp3) is 0.174. The molecule has 2 N–H and O–H groups in total. The minimum absolute atomic E-state index is 0.0864. The van der Waals surface area contributed by atoms with Crippen molar-refractivity contribution >= 4 is 59.0 Å². The summed E-state index contributed by atoms with van der Waals surface area (Å²) in [6.45, 7) is 15.5. The molecule has 15 rings (SSSR count). The number of sulfone groups is 6. The highest BCUT2D eigenvalue weighted by molar-refractivity contribution is 7.92. The first-order chi connectivity index (χ1) is 64.4. The van der Waals surface area contributed by atoms with Crippen molar-refractivity contribution in [2.24, 2.45) is 5.73 Å². The van der Waals surface area contributed by atoms with Gasteiger partial charge >= 0.3 is 0 Å². The van der Waals surface area contributed by atoms with Crippen LogP contribution < -0.4 is 5.73 Å². The Morgan fingerprint density at radius 2 is 0.574 bits per heavy atom. The summed E-state index contributed by atoms with van der Waals surface area (Å²) in [5.41, 5.74) is 22.1. The highest BCUT2D eigenvalue weighted by Crippen LogP contribution is 2.36. The van der Waals surface area contributed by atoms with E-state index in [2.05, 4.69) is 0 Å². The molecule has 13 nitrogen and oxygen atoms in total. The van der Waals surface area contributed by atoms with Crippen LogP contribution in [0, 0.1) is 74.2 Å². The third-order valence-corrected chi connectivity index (χ3v) is 32.8. The highest BCUT2D eigenvalue weighted by Gasteiger charge is 2.26. The molecule has 0 bridgehead atoms. The number of benzene rings is 15. The second kappa shape index (κ2) is 45.4. The van der Waals surface area contributed by atoms with Crippen molar-refractivity contribution in [3.8, 4) is 55.6 Å². The summed E-state index contributed by atoms with van der Waals surface area (Å²) in [7, 11) is -21.1. The van der Waals surface area contributed by atoms with Gasteiger partial charge in [0.25, 0.3) is 0 Å². The molecular weight excluding hydrogens is 1860 g/mol. The van der Waals surface area contributed by atoms with Gasteiger partial charge in [0.05, 0.1) is 58.1 Å². The third-order valence-electron chi connectivity index (χ3n) is 23.1. The zero-order chi connectivity index (χ0) is 98.8. The second-order valence-corrected chi connectivity index (χ2v) is 44.5. The summed E-state index contributed by atoms with van der Waals surface area (Å²) in [6.07, 6.45) is 4.39. The fourth-order valence-corrected chi connectivity index (χ4v) is 23.3. The maximum Gasteiger partial charge on any atom is 0.182 e. The van der Waals surface area contributed by atoms with Gasteiger partial charge in [0.2, 0.25) is 0 Å². The maximum absolute atomic E-state index is 14.0. The van der Waals surface area contributed by atoms with E-state index in [1.165, 1.54) is 115 Å². The van der Waals surface area contributed by atoms with Crippen LogP contribution in [0.2, 0.25) is 0 Å². The Morgan fingerprint density at radius 3 is 0.941 bits per heavy atom. The highest BCUT2D eigenvalue weighted by atomic mass is 32.2. The van der Waals surface area contributed by atoms with Crippen LogP contribution in [-0.4, -0.2) is 56.8 Å². The molecule has 0 fully saturated rings. The van der Waals surface area contributed by atoms with Crippen LogP contribution in [0.4, 0.5) is 35.1 Å². The number of halogens is 8. The van der Waals surface area contributed by atoms with Gasteiger partial charge in [-0.15, -0.1) is 0 Å². The molecule has 0 aromatic heterocycles. The first-order valence-electron chi connectivity index (χ1n) is 43.3. The van der Waals surface area contributed by atoms with E-state index in [1.807, 2.05) is 146 Å². The molecule has 15 aromatic rings. The van der Waals surface area contributed by atoms with E-state index < -0.39 is 106 Å². The van der Waals surface area contributed by atoms with Crippen LogP contribution in [0.3, 0.4) is 0 Å². The largest absolute Gasteiger partial charge is 0.324 e. The van der Waals surface area contributed by atoms with Crippen LogP contribution >= 0.6 is 0 Å². The average Bonchev–Trinajstić information content (AvgIpc) is 0.810. The number of nitrogens with two attached hydrogens (primary N) is 1. The molecule has 0 saturated heterocycles. The summed E-state index contributed by atoms with van der Waals surface area (Å²) in [6, 6.07) is 82.7. The lowest BCUT2D eigenvalue weighted by atomic mass is 9.97. The lowest BCUT2D eigenvalue weighted by Gasteiger charge is -2.16. The van der Waals surface area contributed by atoms with Crippen molar-refractivity contribution in [3.63, 3.8) is 0 Å². The maximum atomic E-state index is 14.0. The van der Waals surface area contributed by atoms with E-state index in [0.717, 1.165) is 123 Å². The number of hydrogen-bond acceptors (Lipinski definition) is 13. The monoisotopic (exact) mass is 1960 g/mol. The molecule has 0 aliphatic carbocycles. The number of hydrogen-bond donors (Lipinski definition) is 1. The van der Waals surface area contributed by atoms with Crippen molar-refractivity contribution in [1.29, 1.82) is 0 Å². The molecule has 27 heteroatoms. The van der Waals surface area contributed by atoms with Gasteiger partial charge in [-0.25, -0.2) is 85.6 Å². The Labute approximate surface area is 792 Å². The molecule has 0 amide bonds. The van der Waals surface area contributed by atoms with E-state index >= 15 is 0 Å². The molecular formula is C109H101F8NO12S6. The minimum Gasteiger partial charge on any atom is -0.324 e. The van der Waals surface area contributed by atoms with Crippen molar-refractivity contribution in [2.75, 3.05) is 6.26 Å². The van der Waals surface area contributed by atoms with Gasteiger partial charge in [0, 0.05) is 58.8 Å². The van der Waals surface area contributed by atoms with Crippen molar-refractivity contribution in [3.05, 3.63) is 440 Å². The van der Waals surface area contributed by atoms with Gasteiger partial charge in [-0.2, -0.15) is 0 Å². The molecule has 0 aliphatic heterocycles. The fourth-order valence-electron chi connectivity index (χ4n) is 15.4. The van der Waals surface area contributed by atoms with Gasteiger partial charge in [-0.1, -0.05) is 210 Å². The van der Waals surface area contributed by atoms with E-state index in [4.69, 9.17) is 5.73 Å². The quantitative estimate of drug-likeness (QED) is 0.0498. The van der Waals surface area contributed by atoms with E-state index in [-0.39, 0.29) is 86.4 Å². The Morgan fingerprint density at radius 1 is 0.257 bits per heavy atom. The first kappa shape index (κ1) is 104. The first-order valence-corrected chi connectivity index (χ1v) is 53.4. The predicted octanol–water partition coefficient (Wildman–Crippen LogP) is 25.5. The normalized spacial score (nSPS) is 11.9. The van der Waals surface area contributed by atoms with Crippen LogP contribution in [0.15, 0.2) is 351 Å². The molecule has 15 aromatic carbocycles. The zero-order valence-electron chi connectivity index (χ0n) is 76.0. The lowest BCUT2D eigenvalue weighted by Crippen LogP contribution is -2.13. The molecule has 706 valence electrons. The SMILES string of the molecule is CC[C@@H](N)c1cccc(CS(=O)(=O)c2ccc(-c3ccc(F)cc3F)cc2)c1C.CCc1cccc(CS(=O)(=O)c2ccc(-c3ccc(F)cc3F)cc2)c1C.CCc1cccc(CS(=O)(=O)c2ccc(-c3ccc(F)cc3F)cc2)c1C.CCc1cccc(CS(=O)(=O)c2ccc(-c3ccc(F)cc3F)cc2C)c1.CS(=O)(=O)c1cccc(CS(=O)(=O)c2ccc(-c3ccccc3)cc2)c1. The third kappa shape index (κ3) is 27.0. The molecule has 0 radical (unpaired) electrons. The summed E-state index contributed by atoms with van der Waals surface area (Å²) in [4.78, 5) is 1.04. The zero-order valence-corrected chi connectivity index (χ0v) is 80.9. The Hall–Kier alpha value is -12.6. The second-order valence-electron chi connectivity index (χ2n) is 32.6. The molecule has 0 aliphatic rings. The Bertz CT molecular complexity index is 7390. The Balaban J connectivity index is 0.000000163. The van der Waals surface area contributed by atoms with Gasteiger partial charge < -0.3 is 5.73 Å². The summed E-state index contributed by atoms with van der Waals surface area (Å²) in [5.74, 6) is -6.02. The van der Waals surface area contributed by atoms with Crippen LogP contribution in [0.5, 0.6) is 0 Å². The van der Waals surface area contributed by atoms with Crippen LogP contribution in [0.25, 0.3) is 55.6 Å². The van der Waals surface area contributed by atoms with Gasteiger partial charge in [0.15, 0.2) is 59.0 Å². The van der Waals surface area contributed by atoms with E-state index in [1.54, 1.807) is 91.9 Å². The van der Waals surface area contributed by atoms with Crippen molar-refractivity contribution in [2.45, 2.75) is 145 Å². The molecule has 0 heterocycles. The van der Waals surface area contributed by atoms with Gasteiger partial charge in [-0.05, 0) is 274 Å². The number of aryl methyl sites for hydroxylation is 4. The summed E-state index contributed by atoms with van der Waals surface area (Å²) >= 11 is 0. The van der Waals surface area contributed by atoms with E-state index in [9.17, 15) is 85.6 Å². The van der Waals surface area contributed by atoms with Crippen molar-refractivity contribution in [1.82, 2.24) is 0 Å². The topological polar surface area (TPSA) is 231 Å². The van der Waals surface area contributed by atoms with Gasteiger partial charge in [0.1, 0.15) is 46.5 Å². The predicted molar refractivity (Wildman–Crippen MR) is 523 cm³/mol. The van der Waals surface area contributed by atoms with Crippen molar-refractivity contribution < 1.29 is 85.6 Å². The molecule has 0 spiro atoms. The molecule has 1 atom stereocenters. The number of rotatable bonds is 26. The molecule has 0 saturated carbocycles. The lowest BCUT2D eigenvalue weighted by molar-refractivity contribution is 0.585. The molecule has 0 unspecified atom stereocenters. The molecule has 136 heavy (non-hydrogen) atoms.